The van der Waals surface area contributed by atoms with E-state index in [0.29, 0.717) is 25.7 Å². The van der Waals surface area contributed by atoms with E-state index in [2.05, 4.69) is 174 Å². The van der Waals surface area contributed by atoms with Crippen molar-refractivity contribution in [1.82, 2.24) is 0 Å². The van der Waals surface area contributed by atoms with Crippen molar-refractivity contribution in [3.8, 4) is 0 Å². The van der Waals surface area contributed by atoms with Crippen LogP contribution in [0.3, 0.4) is 0 Å². The van der Waals surface area contributed by atoms with Crippen molar-refractivity contribution in [1.29, 1.82) is 0 Å². The molecule has 0 saturated carbocycles. The summed E-state index contributed by atoms with van der Waals surface area (Å²) in [5.74, 6) is -2.40. The maximum atomic E-state index is 13.1. The molecule has 0 aromatic heterocycles. The number of allylic oxidation sites excluding steroid dienone is 27. The van der Waals surface area contributed by atoms with Crippen molar-refractivity contribution in [2.24, 2.45) is 0 Å². The number of rotatable bonds is 70. The van der Waals surface area contributed by atoms with Crippen LogP contribution in [0.15, 0.2) is 170 Å². The molecule has 0 aliphatic heterocycles. The Morgan fingerprint density at radius 1 is 0.294 bits per heavy atom. The highest BCUT2D eigenvalue weighted by molar-refractivity contribution is 7.47. The second-order valence-corrected chi connectivity index (χ2v) is 27.7. The fraction of sp³-hybridized carbons (Fsp3) is 0.614. The molecule has 17 nitrogen and oxygen atoms in total. The molecule has 0 bridgehead atoms. The van der Waals surface area contributed by atoms with E-state index in [4.69, 9.17) is 37.0 Å². The van der Waals surface area contributed by atoms with E-state index >= 15 is 0 Å². The highest BCUT2D eigenvalue weighted by Gasteiger charge is 2.30. The zero-order valence-electron chi connectivity index (χ0n) is 63.0. The first-order valence-electron chi connectivity index (χ1n) is 38.4. The van der Waals surface area contributed by atoms with Crippen LogP contribution in [0.1, 0.15) is 272 Å². The van der Waals surface area contributed by atoms with Crippen LogP contribution in [-0.2, 0) is 65.4 Å². The van der Waals surface area contributed by atoms with Crippen molar-refractivity contribution in [2.75, 3.05) is 39.6 Å². The minimum Gasteiger partial charge on any atom is -0.462 e. The molecule has 0 aliphatic rings. The number of carbonyl (C=O) groups excluding carboxylic acids is 4. The van der Waals surface area contributed by atoms with Gasteiger partial charge in [-0.1, -0.05) is 262 Å². The van der Waals surface area contributed by atoms with Crippen LogP contribution >= 0.6 is 15.6 Å². The second-order valence-electron chi connectivity index (χ2n) is 24.8. The minimum absolute atomic E-state index is 0.0531. The second kappa shape index (κ2) is 73.7. The van der Waals surface area contributed by atoms with E-state index in [9.17, 15) is 43.2 Å². The molecule has 0 aromatic rings. The number of hydrogen-bond donors (Lipinski definition) is 3. The van der Waals surface area contributed by atoms with Gasteiger partial charge in [0.2, 0.25) is 0 Å². The molecular formula is C83H134O17P2. The van der Waals surface area contributed by atoms with Gasteiger partial charge in [0.05, 0.1) is 32.8 Å². The number of ether oxygens (including phenoxy) is 4. The van der Waals surface area contributed by atoms with Gasteiger partial charge in [0.15, 0.2) is 12.2 Å². The van der Waals surface area contributed by atoms with Gasteiger partial charge in [-0.15, -0.1) is 0 Å². The molecule has 0 amide bonds. The molecule has 0 heterocycles. The topological polar surface area (TPSA) is 237 Å². The molecule has 0 saturated heterocycles. The van der Waals surface area contributed by atoms with E-state index in [1.807, 2.05) is 18.2 Å². The highest BCUT2D eigenvalue weighted by atomic mass is 31.2. The Morgan fingerprint density at radius 2 is 0.549 bits per heavy atom. The van der Waals surface area contributed by atoms with Crippen molar-refractivity contribution in [2.45, 2.75) is 290 Å². The molecule has 5 unspecified atom stereocenters. The van der Waals surface area contributed by atoms with Crippen molar-refractivity contribution in [3.05, 3.63) is 170 Å². The van der Waals surface area contributed by atoms with Crippen LogP contribution < -0.4 is 0 Å². The molecule has 0 aliphatic carbocycles. The van der Waals surface area contributed by atoms with Gasteiger partial charge in [0.1, 0.15) is 19.3 Å². The Morgan fingerprint density at radius 3 is 0.873 bits per heavy atom. The Kier molecular flexibility index (Phi) is 69.7. The van der Waals surface area contributed by atoms with Crippen molar-refractivity contribution in [3.63, 3.8) is 0 Å². The molecule has 5 atom stereocenters. The largest absolute Gasteiger partial charge is 0.472 e. The van der Waals surface area contributed by atoms with Crippen molar-refractivity contribution < 1.29 is 80.2 Å². The number of aliphatic hydroxyl groups is 1. The lowest BCUT2D eigenvalue weighted by Gasteiger charge is -2.21. The number of phosphoric ester groups is 2. The third kappa shape index (κ3) is 72.8. The van der Waals surface area contributed by atoms with E-state index in [0.717, 1.165) is 173 Å². The maximum Gasteiger partial charge on any atom is 0.472 e. The van der Waals surface area contributed by atoms with Gasteiger partial charge in [-0.05, 0) is 154 Å². The number of unbranched alkanes of at least 4 members (excludes halogenated alkanes) is 17. The van der Waals surface area contributed by atoms with Crippen LogP contribution in [0.25, 0.3) is 0 Å². The molecule has 0 spiro atoms. The van der Waals surface area contributed by atoms with Gasteiger partial charge < -0.3 is 33.8 Å². The monoisotopic (exact) mass is 1460 g/mol. The Balaban J connectivity index is 5.49. The SMILES string of the molecule is CC/C=C\C/C=C\C/C=C\C/C=C\C/C=C\CC(=O)OCC(COP(=O)(O)OCC(O)COP(=O)(O)OCC(COC(=O)CCCCCC/C=C\C/C=C\C/C=C\C/C=C\CC)OC(=O)CCCCCCC/C=C\C/C=C\C/C=C\CC)OC(=O)CCCCCCC/C=C\C/C=C\CCCCC. The van der Waals surface area contributed by atoms with Gasteiger partial charge in [-0.3, -0.25) is 37.3 Å². The first-order chi connectivity index (χ1) is 49.7. The lowest BCUT2D eigenvalue weighted by Crippen LogP contribution is -2.30. The molecule has 0 radical (unpaired) electrons. The molecule has 102 heavy (non-hydrogen) atoms. The molecular weight excluding hydrogens is 1330 g/mol. The molecule has 0 aromatic carbocycles. The summed E-state index contributed by atoms with van der Waals surface area (Å²) >= 11 is 0. The van der Waals surface area contributed by atoms with Crippen LogP contribution in [0.5, 0.6) is 0 Å². The van der Waals surface area contributed by atoms with Crippen LogP contribution in [0.2, 0.25) is 0 Å². The fourth-order valence-corrected chi connectivity index (χ4v) is 11.0. The summed E-state index contributed by atoms with van der Waals surface area (Å²) in [4.78, 5) is 72.9. The van der Waals surface area contributed by atoms with Crippen LogP contribution in [0.4, 0.5) is 0 Å². The molecule has 3 N–H and O–H groups in total. The van der Waals surface area contributed by atoms with Crippen molar-refractivity contribution >= 4 is 39.5 Å². The number of hydrogen-bond acceptors (Lipinski definition) is 15. The number of carbonyl (C=O) groups is 4. The molecule has 19 heteroatoms. The van der Waals surface area contributed by atoms with E-state index in [1.54, 1.807) is 6.08 Å². The lowest BCUT2D eigenvalue weighted by molar-refractivity contribution is -0.161. The predicted molar refractivity (Wildman–Crippen MR) is 417 cm³/mol. The average molecular weight is 1470 g/mol. The van der Waals surface area contributed by atoms with Crippen LogP contribution in [-0.4, -0.2) is 96.7 Å². The Hall–Kier alpha value is -5.58. The van der Waals surface area contributed by atoms with Gasteiger partial charge in [-0.2, -0.15) is 0 Å². The maximum absolute atomic E-state index is 13.1. The summed E-state index contributed by atoms with van der Waals surface area (Å²) in [7, 11) is -10.0. The number of aliphatic hydroxyl groups excluding tert-OH is 1. The highest BCUT2D eigenvalue weighted by Crippen LogP contribution is 2.45. The fourth-order valence-electron chi connectivity index (χ4n) is 9.44. The van der Waals surface area contributed by atoms with E-state index in [1.165, 1.54) is 19.3 Å². The zero-order valence-corrected chi connectivity index (χ0v) is 64.8. The van der Waals surface area contributed by atoms with Crippen LogP contribution in [0, 0.1) is 0 Å². The quantitative estimate of drug-likeness (QED) is 0.0169. The summed E-state index contributed by atoms with van der Waals surface area (Å²) in [6.07, 6.45) is 86.5. The standard InChI is InChI=1S/C83H134O17P2/c1-5-9-13-17-21-25-29-33-37-38-42-44-48-52-56-60-64-68-81(86)94-74-79(100-83(88)70-66-62-58-54-50-46-41-36-32-28-24-20-16-12-8-4)76-98-102(91,92)96-72-77(84)71-95-101(89,90)97-75-78(99-82(87)69-65-61-57-53-49-45-40-35-31-27-23-19-15-11-7-3)73-93-80(85)67-63-59-55-51-47-43-39-34-30-26-22-18-14-10-6-2/h9-10,12-14,16,21-28,33-37,39-42,44,47,51,59,63,77-79,84H,5-8,11,15,17-20,29-32,38,43,45-46,48-50,52-58,60-62,64-76H2,1-4H3,(H,89,90)(H,91,92)/b13-9-,14-10-,16-12-,25-21-,26-22-,27-23-,28-24-,37-33-,39-34-,40-35-,41-36-,44-42-,51-47-,63-59-. The van der Waals surface area contributed by atoms with Gasteiger partial charge in [0.25, 0.3) is 0 Å². The third-order valence-electron chi connectivity index (χ3n) is 15.2. The first-order valence-corrected chi connectivity index (χ1v) is 41.4. The summed E-state index contributed by atoms with van der Waals surface area (Å²) in [6, 6.07) is 0. The minimum atomic E-state index is -5.01. The third-order valence-corrected chi connectivity index (χ3v) is 17.1. The summed E-state index contributed by atoms with van der Waals surface area (Å²) < 4.78 is 68.3. The van der Waals surface area contributed by atoms with E-state index in [-0.39, 0.29) is 25.7 Å². The van der Waals surface area contributed by atoms with Gasteiger partial charge in [-0.25, -0.2) is 9.13 Å². The van der Waals surface area contributed by atoms with Gasteiger partial charge in [0, 0.05) is 19.3 Å². The average Bonchev–Trinajstić information content (AvgIpc) is 0.926. The number of esters is 4. The van der Waals surface area contributed by atoms with E-state index < -0.39 is 97.5 Å². The Bertz CT molecular complexity index is 2600. The smallest absolute Gasteiger partial charge is 0.462 e. The number of phosphoric acid groups is 2. The summed E-state index contributed by atoms with van der Waals surface area (Å²) in [5.41, 5.74) is 0. The zero-order chi connectivity index (χ0) is 74.6. The molecule has 578 valence electrons. The molecule has 0 rings (SSSR count). The summed E-state index contributed by atoms with van der Waals surface area (Å²) in [6.45, 7) is 4.30. The van der Waals surface area contributed by atoms with Gasteiger partial charge >= 0.3 is 39.5 Å². The predicted octanol–water partition coefficient (Wildman–Crippen LogP) is 22.2. The molecule has 0 fully saturated rings. The summed E-state index contributed by atoms with van der Waals surface area (Å²) in [5, 5.41) is 10.6. The lowest BCUT2D eigenvalue weighted by atomic mass is 10.1. The Labute approximate surface area is 616 Å². The first kappa shape index (κ1) is 96.4. The normalized spacial score (nSPS) is 14.9.